The van der Waals surface area contributed by atoms with Gasteiger partial charge in [-0.15, -0.1) is 0 Å². The van der Waals surface area contributed by atoms with E-state index in [1.807, 2.05) is 24.4 Å². The predicted octanol–water partition coefficient (Wildman–Crippen LogP) is 2.62. The van der Waals surface area contributed by atoms with Crippen LogP contribution >= 0.6 is 0 Å². The SMILES string of the molecule is COc1cc(Cn2cccn2)cc2onc(NS(=O)(=O)CC3CCC3)c12. The average Bonchev–Trinajstić information content (AvgIpc) is 3.21. The highest BCUT2D eigenvalue weighted by atomic mass is 32.2. The molecule has 0 unspecified atom stereocenters. The van der Waals surface area contributed by atoms with Gasteiger partial charge in [-0.05, 0) is 42.5 Å². The summed E-state index contributed by atoms with van der Waals surface area (Å²) in [5.41, 5.74) is 1.38. The van der Waals surface area contributed by atoms with E-state index in [-0.39, 0.29) is 17.5 Å². The minimum Gasteiger partial charge on any atom is -0.496 e. The maximum Gasteiger partial charge on any atom is 0.234 e. The Hall–Kier alpha value is -2.55. The van der Waals surface area contributed by atoms with Gasteiger partial charge in [0, 0.05) is 12.4 Å². The molecule has 2 aromatic heterocycles. The van der Waals surface area contributed by atoms with E-state index in [4.69, 9.17) is 9.26 Å². The van der Waals surface area contributed by atoms with E-state index in [1.165, 1.54) is 7.11 Å². The summed E-state index contributed by atoms with van der Waals surface area (Å²) in [5, 5.41) is 8.61. The van der Waals surface area contributed by atoms with Crippen molar-refractivity contribution >= 4 is 26.8 Å². The monoisotopic (exact) mass is 376 g/mol. The molecular formula is C17H20N4O4S. The van der Waals surface area contributed by atoms with Crippen molar-refractivity contribution in [3.8, 4) is 5.75 Å². The molecule has 1 aliphatic rings. The average molecular weight is 376 g/mol. The standard InChI is InChI=1S/C17H20N4O4S/c1-24-14-8-13(10-21-7-3-6-18-21)9-15-16(14)17(19-25-15)20-26(22,23)11-12-4-2-5-12/h3,6-9,12H,2,4-5,10-11H2,1H3,(H,19,20). The molecule has 8 nitrogen and oxygen atoms in total. The smallest absolute Gasteiger partial charge is 0.234 e. The van der Waals surface area contributed by atoms with Crippen LogP contribution in [-0.2, 0) is 16.6 Å². The molecule has 138 valence electrons. The number of aromatic nitrogens is 3. The number of hydrogen-bond donors (Lipinski definition) is 1. The first kappa shape index (κ1) is 16.9. The number of rotatable bonds is 7. The van der Waals surface area contributed by atoms with Crippen LogP contribution in [-0.4, -0.2) is 36.2 Å². The second kappa shape index (κ2) is 6.64. The number of methoxy groups -OCH3 is 1. The molecule has 0 aliphatic heterocycles. The molecule has 9 heteroatoms. The van der Waals surface area contributed by atoms with Gasteiger partial charge in [0.05, 0.1) is 19.4 Å². The third kappa shape index (κ3) is 3.39. The second-order valence-electron chi connectivity index (χ2n) is 6.59. The van der Waals surface area contributed by atoms with Gasteiger partial charge < -0.3 is 9.26 Å². The van der Waals surface area contributed by atoms with Crippen LogP contribution in [0.1, 0.15) is 24.8 Å². The largest absolute Gasteiger partial charge is 0.496 e. The summed E-state index contributed by atoms with van der Waals surface area (Å²) in [5.74, 6) is 1.02. The quantitative estimate of drug-likeness (QED) is 0.680. The van der Waals surface area contributed by atoms with Crippen LogP contribution in [0.4, 0.5) is 5.82 Å². The van der Waals surface area contributed by atoms with Crippen molar-refractivity contribution in [2.75, 3.05) is 17.6 Å². The van der Waals surface area contributed by atoms with Gasteiger partial charge in [-0.1, -0.05) is 11.6 Å². The molecule has 0 atom stereocenters. The third-order valence-electron chi connectivity index (χ3n) is 4.65. The van der Waals surface area contributed by atoms with Gasteiger partial charge in [-0.2, -0.15) is 5.10 Å². The Bertz CT molecular complexity index is 1010. The second-order valence-corrected chi connectivity index (χ2v) is 8.35. The first-order valence-corrected chi connectivity index (χ1v) is 10.1. The molecule has 1 aliphatic carbocycles. The van der Waals surface area contributed by atoms with E-state index in [0.717, 1.165) is 24.8 Å². The van der Waals surface area contributed by atoms with Crippen LogP contribution in [0.15, 0.2) is 35.1 Å². The van der Waals surface area contributed by atoms with Crippen molar-refractivity contribution in [1.29, 1.82) is 0 Å². The number of fused-ring (bicyclic) bond motifs is 1. The summed E-state index contributed by atoms with van der Waals surface area (Å²) < 4.78 is 39.9. The van der Waals surface area contributed by atoms with Crippen LogP contribution in [0.3, 0.4) is 0 Å². The summed E-state index contributed by atoms with van der Waals surface area (Å²) >= 11 is 0. The van der Waals surface area contributed by atoms with Crippen LogP contribution in [0, 0.1) is 5.92 Å². The number of ether oxygens (including phenoxy) is 1. The van der Waals surface area contributed by atoms with Crippen molar-refractivity contribution in [3.05, 3.63) is 36.2 Å². The topological polar surface area (TPSA) is 99.2 Å². The molecule has 0 bridgehead atoms. The normalized spacial score (nSPS) is 15.1. The Balaban J connectivity index is 1.64. The summed E-state index contributed by atoms with van der Waals surface area (Å²) in [6.07, 6.45) is 6.58. The van der Waals surface area contributed by atoms with Gasteiger partial charge in [0.25, 0.3) is 0 Å². The zero-order valence-electron chi connectivity index (χ0n) is 14.4. The first-order valence-electron chi connectivity index (χ1n) is 8.48. The number of sulfonamides is 1. The Labute approximate surface area is 151 Å². The van der Waals surface area contributed by atoms with Crippen LogP contribution in [0.5, 0.6) is 5.75 Å². The number of nitrogens with one attached hydrogen (secondary N) is 1. The van der Waals surface area contributed by atoms with Crippen molar-refractivity contribution in [1.82, 2.24) is 14.9 Å². The van der Waals surface area contributed by atoms with Gasteiger partial charge in [0.15, 0.2) is 11.4 Å². The molecule has 1 saturated carbocycles. The minimum absolute atomic E-state index is 0.112. The lowest BCUT2D eigenvalue weighted by atomic mass is 9.87. The molecule has 1 aromatic carbocycles. The van der Waals surface area contributed by atoms with E-state index in [9.17, 15) is 8.42 Å². The van der Waals surface area contributed by atoms with E-state index in [0.29, 0.717) is 23.3 Å². The summed E-state index contributed by atoms with van der Waals surface area (Å²) in [7, 11) is -1.94. The number of hydrogen-bond acceptors (Lipinski definition) is 6. The Morgan fingerprint density at radius 3 is 2.88 bits per heavy atom. The molecule has 1 N–H and O–H groups in total. The Morgan fingerprint density at radius 2 is 2.23 bits per heavy atom. The lowest BCUT2D eigenvalue weighted by Crippen LogP contribution is -2.26. The van der Waals surface area contributed by atoms with Crippen molar-refractivity contribution in [3.63, 3.8) is 0 Å². The van der Waals surface area contributed by atoms with Gasteiger partial charge in [0.1, 0.15) is 11.1 Å². The van der Waals surface area contributed by atoms with Crippen LogP contribution < -0.4 is 9.46 Å². The van der Waals surface area contributed by atoms with Gasteiger partial charge in [0.2, 0.25) is 10.0 Å². The first-order chi connectivity index (χ1) is 12.5. The van der Waals surface area contributed by atoms with Crippen molar-refractivity contribution in [2.24, 2.45) is 5.92 Å². The van der Waals surface area contributed by atoms with Gasteiger partial charge in [-0.25, -0.2) is 8.42 Å². The lowest BCUT2D eigenvalue weighted by molar-refractivity contribution is 0.347. The molecule has 3 aromatic rings. The summed E-state index contributed by atoms with van der Waals surface area (Å²) in [6, 6.07) is 5.50. The Morgan fingerprint density at radius 1 is 1.38 bits per heavy atom. The minimum atomic E-state index is -3.47. The number of nitrogens with zero attached hydrogens (tertiary/aromatic N) is 3. The number of anilines is 1. The molecular weight excluding hydrogens is 356 g/mol. The highest BCUT2D eigenvalue weighted by Crippen LogP contribution is 2.35. The van der Waals surface area contributed by atoms with Gasteiger partial charge >= 0.3 is 0 Å². The summed E-state index contributed by atoms with van der Waals surface area (Å²) in [6.45, 7) is 0.544. The zero-order chi connectivity index (χ0) is 18.1. The van der Waals surface area contributed by atoms with Crippen molar-refractivity contribution in [2.45, 2.75) is 25.8 Å². The highest BCUT2D eigenvalue weighted by molar-refractivity contribution is 7.92. The molecule has 0 radical (unpaired) electrons. The lowest BCUT2D eigenvalue weighted by Gasteiger charge is -2.24. The Kier molecular flexibility index (Phi) is 4.31. The van der Waals surface area contributed by atoms with E-state index in [2.05, 4.69) is 15.0 Å². The summed E-state index contributed by atoms with van der Waals surface area (Å²) in [4.78, 5) is 0. The third-order valence-corrected chi connectivity index (χ3v) is 6.07. The van der Waals surface area contributed by atoms with Crippen LogP contribution in [0.2, 0.25) is 0 Å². The molecule has 4 rings (SSSR count). The van der Waals surface area contributed by atoms with Crippen LogP contribution in [0.25, 0.3) is 11.0 Å². The molecule has 2 heterocycles. The molecule has 26 heavy (non-hydrogen) atoms. The fourth-order valence-electron chi connectivity index (χ4n) is 3.15. The predicted molar refractivity (Wildman–Crippen MR) is 96.6 cm³/mol. The molecule has 1 fully saturated rings. The molecule has 0 spiro atoms. The molecule has 0 saturated heterocycles. The fourth-order valence-corrected chi connectivity index (χ4v) is 4.62. The number of benzene rings is 1. The van der Waals surface area contributed by atoms with Gasteiger partial charge in [-0.3, -0.25) is 9.40 Å². The van der Waals surface area contributed by atoms with Crippen molar-refractivity contribution < 1.29 is 17.7 Å². The zero-order valence-corrected chi connectivity index (χ0v) is 15.2. The van der Waals surface area contributed by atoms with E-state index >= 15 is 0 Å². The fraction of sp³-hybridized carbons (Fsp3) is 0.412. The molecule has 0 amide bonds. The highest BCUT2D eigenvalue weighted by Gasteiger charge is 2.26. The maximum absolute atomic E-state index is 12.4. The van der Waals surface area contributed by atoms with E-state index in [1.54, 1.807) is 10.9 Å². The maximum atomic E-state index is 12.4. The van der Waals surface area contributed by atoms with E-state index < -0.39 is 10.0 Å².